The van der Waals surface area contributed by atoms with Crippen molar-refractivity contribution in [2.45, 2.75) is 23.9 Å². The van der Waals surface area contributed by atoms with Crippen LogP contribution in [0, 0.1) is 0 Å². The summed E-state index contributed by atoms with van der Waals surface area (Å²) in [6.07, 6.45) is -0.437. The van der Waals surface area contributed by atoms with Crippen LogP contribution in [0.15, 0.2) is 29.2 Å². The Labute approximate surface area is 116 Å². The normalized spacial score (nSPS) is 12.7. The molecule has 1 aromatic carbocycles. The second kappa shape index (κ2) is 6.46. The molecule has 1 aromatic rings. The molecule has 7 N–H and O–H groups in total. The fourth-order valence-corrected chi connectivity index (χ4v) is 2.41. The van der Waals surface area contributed by atoms with Gasteiger partial charge in [0.1, 0.15) is 0 Å². The van der Waals surface area contributed by atoms with Crippen molar-refractivity contribution in [2.24, 2.45) is 17.2 Å². The minimum absolute atomic E-state index is 0.102. The molecule has 110 valence electrons. The Balaban J connectivity index is 2.83. The van der Waals surface area contributed by atoms with Gasteiger partial charge in [-0.25, -0.2) is 13.1 Å². The van der Waals surface area contributed by atoms with Crippen LogP contribution in [0.3, 0.4) is 0 Å². The molecular weight excluding hydrogens is 284 g/mol. The van der Waals surface area contributed by atoms with E-state index in [4.69, 9.17) is 17.2 Å². The Hall–Kier alpha value is -1.97. The van der Waals surface area contributed by atoms with E-state index in [1.54, 1.807) is 4.72 Å². The third kappa shape index (κ3) is 4.30. The van der Waals surface area contributed by atoms with Crippen LogP contribution < -0.4 is 21.9 Å². The molecule has 0 spiro atoms. The third-order valence-corrected chi connectivity index (χ3v) is 3.82. The van der Waals surface area contributed by atoms with Crippen LogP contribution in [0.1, 0.15) is 12.0 Å². The van der Waals surface area contributed by atoms with Gasteiger partial charge in [0.25, 0.3) is 15.9 Å². The molecule has 0 bridgehead atoms. The van der Waals surface area contributed by atoms with Gasteiger partial charge in [0.2, 0.25) is 5.91 Å². The molecule has 0 aliphatic carbocycles. The lowest BCUT2D eigenvalue weighted by atomic mass is 10.2. The van der Waals surface area contributed by atoms with Gasteiger partial charge in [-0.1, -0.05) is 12.1 Å². The number of hydrogen-bond donors (Lipinski definition) is 4. The van der Waals surface area contributed by atoms with Crippen molar-refractivity contribution in [2.75, 3.05) is 0 Å². The smallest absolute Gasteiger partial charge is 0.264 e. The Bertz CT molecular complexity index is 597. The number of carbonyl (C=O) groups excluding carboxylic acids is 2. The van der Waals surface area contributed by atoms with E-state index in [1.807, 2.05) is 0 Å². The maximum Gasteiger partial charge on any atom is 0.264 e. The number of hydrogen-bond acceptors (Lipinski definition) is 6. The van der Waals surface area contributed by atoms with Gasteiger partial charge in [0.05, 0.1) is 17.4 Å². The zero-order valence-corrected chi connectivity index (χ0v) is 11.4. The first-order chi connectivity index (χ1) is 9.26. The van der Waals surface area contributed by atoms with Crippen molar-refractivity contribution in [3.8, 4) is 0 Å². The summed E-state index contributed by atoms with van der Waals surface area (Å²) in [6.45, 7) is 0.274. The predicted octanol–water partition coefficient (Wildman–Crippen LogP) is -1.85. The van der Waals surface area contributed by atoms with Crippen molar-refractivity contribution in [3.63, 3.8) is 0 Å². The molecule has 0 aliphatic rings. The van der Waals surface area contributed by atoms with Gasteiger partial charge in [0, 0.05) is 6.54 Å². The van der Waals surface area contributed by atoms with Crippen molar-refractivity contribution in [1.29, 1.82) is 0 Å². The van der Waals surface area contributed by atoms with Gasteiger partial charge >= 0.3 is 0 Å². The van der Waals surface area contributed by atoms with E-state index in [1.165, 1.54) is 24.3 Å². The molecule has 0 saturated heterocycles. The predicted molar refractivity (Wildman–Crippen MR) is 71.4 cm³/mol. The molecule has 0 saturated carbocycles. The highest BCUT2D eigenvalue weighted by Gasteiger charge is 2.23. The molecule has 0 fully saturated rings. The van der Waals surface area contributed by atoms with Gasteiger partial charge < -0.3 is 17.2 Å². The average Bonchev–Trinajstić information content (AvgIpc) is 2.37. The van der Waals surface area contributed by atoms with Gasteiger partial charge in [-0.2, -0.15) is 0 Å². The Kier molecular flexibility index (Phi) is 5.19. The molecule has 0 aromatic heterocycles. The number of nitrogens with one attached hydrogen (secondary N) is 1. The molecule has 1 unspecified atom stereocenters. The maximum absolute atomic E-state index is 11.9. The van der Waals surface area contributed by atoms with E-state index >= 15 is 0 Å². The molecule has 8 nitrogen and oxygen atoms in total. The summed E-state index contributed by atoms with van der Waals surface area (Å²) in [5.41, 5.74) is 16.4. The number of rotatable bonds is 6. The van der Waals surface area contributed by atoms with Crippen LogP contribution in [0.2, 0.25) is 0 Å². The minimum Gasteiger partial charge on any atom is -0.370 e. The molecule has 9 heteroatoms. The standard InChI is InChI=1S/C11H16N4O4S/c12-6-7-1-3-8(4-2-7)20(18,19)15-11(17)9(13)5-10(14)16/h1-4,9H,5-6,12-13H2,(H2,14,16)(H,15,17). The minimum atomic E-state index is -4.04. The third-order valence-electron chi connectivity index (χ3n) is 2.46. The lowest BCUT2D eigenvalue weighted by molar-refractivity contribution is -0.125. The van der Waals surface area contributed by atoms with Crippen LogP contribution >= 0.6 is 0 Å². The fraction of sp³-hybridized carbons (Fsp3) is 0.273. The number of primary amides is 1. The summed E-state index contributed by atoms with van der Waals surface area (Å²) < 4.78 is 25.6. The Morgan fingerprint density at radius 3 is 2.20 bits per heavy atom. The molecule has 1 rings (SSSR count). The quantitative estimate of drug-likeness (QED) is 0.483. The maximum atomic E-state index is 11.9. The van der Waals surface area contributed by atoms with E-state index < -0.39 is 34.3 Å². The molecular formula is C11H16N4O4S. The molecule has 0 radical (unpaired) electrons. The average molecular weight is 300 g/mol. The van der Waals surface area contributed by atoms with E-state index in [9.17, 15) is 18.0 Å². The van der Waals surface area contributed by atoms with Crippen molar-refractivity contribution >= 4 is 21.8 Å². The summed E-state index contributed by atoms with van der Waals surface area (Å²) >= 11 is 0. The van der Waals surface area contributed by atoms with Gasteiger partial charge in [0.15, 0.2) is 0 Å². The number of nitrogens with two attached hydrogens (primary N) is 3. The Morgan fingerprint density at radius 1 is 1.20 bits per heavy atom. The largest absolute Gasteiger partial charge is 0.370 e. The van der Waals surface area contributed by atoms with E-state index in [0.29, 0.717) is 0 Å². The molecule has 0 aliphatic heterocycles. The first-order valence-corrected chi connectivity index (χ1v) is 7.14. The first kappa shape index (κ1) is 16.1. The zero-order valence-electron chi connectivity index (χ0n) is 10.6. The van der Waals surface area contributed by atoms with Crippen molar-refractivity contribution in [3.05, 3.63) is 29.8 Å². The zero-order chi connectivity index (χ0) is 15.3. The second-order valence-corrected chi connectivity index (χ2v) is 5.78. The second-order valence-electron chi connectivity index (χ2n) is 4.09. The van der Waals surface area contributed by atoms with Crippen LogP contribution in [0.5, 0.6) is 0 Å². The van der Waals surface area contributed by atoms with Crippen LogP contribution in [0.4, 0.5) is 0 Å². The lowest BCUT2D eigenvalue weighted by Gasteiger charge is -2.11. The highest BCUT2D eigenvalue weighted by molar-refractivity contribution is 7.90. The summed E-state index contributed by atoms with van der Waals surface area (Å²) in [5, 5.41) is 0. The topological polar surface area (TPSA) is 158 Å². The van der Waals surface area contributed by atoms with Gasteiger partial charge in [-0.3, -0.25) is 9.59 Å². The van der Waals surface area contributed by atoms with Crippen molar-refractivity contribution < 1.29 is 18.0 Å². The van der Waals surface area contributed by atoms with Gasteiger partial charge in [-0.15, -0.1) is 0 Å². The summed E-state index contributed by atoms with van der Waals surface area (Å²) in [7, 11) is -4.04. The van der Waals surface area contributed by atoms with Crippen LogP contribution in [-0.2, 0) is 26.2 Å². The van der Waals surface area contributed by atoms with E-state index in [2.05, 4.69) is 0 Å². The molecule has 0 heterocycles. The molecule has 20 heavy (non-hydrogen) atoms. The summed E-state index contributed by atoms with van der Waals surface area (Å²) in [6, 6.07) is 4.38. The first-order valence-electron chi connectivity index (χ1n) is 5.66. The SMILES string of the molecule is NCc1ccc(S(=O)(=O)NC(=O)C(N)CC(N)=O)cc1. The van der Waals surface area contributed by atoms with Crippen molar-refractivity contribution in [1.82, 2.24) is 4.72 Å². The highest BCUT2D eigenvalue weighted by Crippen LogP contribution is 2.10. The summed E-state index contributed by atoms with van der Waals surface area (Å²) in [5.74, 6) is -1.79. The van der Waals surface area contributed by atoms with Crippen LogP contribution in [-0.4, -0.2) is 26.3 Å². The molecule has 2 amide bonds. The number of amides is 2. The highest BCUT2D eigenvalue weighted by atomic mass is 32.2. The van der Waals surface area contributed by atoms with E-state index in [-0.39, 0.29) is 11.4 Å². The number of benzene rings is 1. The number of sulfonamides is 1. The van der Waals surface area contributed by atoms with Crippen LogP contribution in [0.25, 0.3) is 0 Å². The van der Waals surface area contributed by atoms with E-state index in [0.717, 1.165) is 5.56 Å². The number of carbonyl (C=O) groups is 2. The lowest BCUT2D eigenvalue weighted by Crippen LogP contribution is -2.45. The summed E-state index contributed by atoms with van der Waals surface area (Å²) in [4.78, 5) is 22.1. The monoisotopic (exact) mass is 300 g/mol. The Morgan fingerprint density at radius 2 is 1.75 bits per heavy atom. The fourth-order valence-electron chi connectivity index (χ4n) is 1.38. The molecule has 1 atom stereocenters. The van der Waals surface area contributed by atoms with Gasteiger partial charge in [-0.05, 0) is 17.7 Å².